The molecule has 10 rings (SSSR count). The van der Waals surface area contributed by atoms with Gasteiger partial charge in [0.05, 0.1) is 16.7 Å². The van der Waals surface area contributed by atoms with E-state index < -0.39 is 0 Å². The SMILES string of the molecule is CC1(C)c2cccc3c2-n2c4c1cccc4c1cc(N(c4ccccc4)c4cccc(-c5ccc6ccccc6c5)c4)cc(c12)C3(C)C. The standard InChI is InChI=1S/C46H36N2/c1-45(2)38-20-11-19-36-37-27-35(28-41-43(37)48(42(36)38)44-39(45)21-12-22-40(44)46(41,3)4)47(33-16-6-5-7-17-33)34-18-10-15-31(26-34)32-24-23-29-13-8-9-14-30(29)25-32/h5-28H,1-4H3. The number of hydrogen-bond acceptors (Lipinski definition) is 1. The molecular weight excluding hydrogens is 581 g/mol. The van der Waals surface area contributed by atoms with E-state index in [1.807, 2.05) is 0 Å². The van der Waals surface area contributed by atoms with E-state index in [4.69, 9.17) is 0 Å². The van der Waals surface area contributed by atoms with Crippen LogP contribution in [0.3, 0.4) is 0 Å². The van der Waals surface area contributed by atoms with Gasteiger partial charge >= 0.3 is 0 Å². The van der Waals surface area contributed by atoms with Crippen molar-refractivity contribution >= 4 is 49.6 Å². The summed E-state index contributed by atoms with van der Waals surface area (Å²) in [5.41, 5.74) is 15.3. The van der Waals surface area contributed by atoms with Crippen LogP contribution in [0.5, 0.6) is 0 Å². The van der Waals surface area contributed by atoms with Crippen molar-refractivity contribution in [3.05, 3.63) is 168 Å². The Labute approximate surface area is 281 Å². The van der Waals surface area contributed by atoms with Crippen LogP contribution in [0.25, 0.3) is 49.4 Å². The maximum absolute atomic E-state index is 2.60. The Morgan fingerprint density at radius 3 is 1.85 bits per heavy atom. The zero-order valence-corrected chi connectivity index (χ0v) is 27.8. The van der Waals surface area contributed by atoms with Gasteiger partial charge in [-0.1, -0.05) is 131 Å². The zero-order valence-electron chi connectivity index (χ0n) is 27.8. The van der Waals surface area contributed by atoms with Crippen LogP contribution in [-0.4, -0.2) is 4.57 Å². The molecule has 230 valence electrons. The molecule has 0 spiro atoms. The molecular formula is C46H36N2. The molecule has 0 atom stereocenters. The van der Waals surface area contributed by atoms with Gasteiger partial charge in [-0.2, -0.15) is 0 Å². The van der Waals surface area contributed by atoms with E-state index in [1.54, 1.807) is 0 Å². The van der Waals surface area contributed by atoms with E-state index in [2.05, 4.69) is 183 Å². The first-order valence-corrected chi connectivity index (χ1v) is 17.0. The van der Waals surface area contributed by atoms with Crippen molar-refractivity contribution in [2.45, 2.75) is 38.5 Å². The average Bonchev–Trinajstić information content (AvgIpc) is 3.45. The van der Waals surface area contributed by atoms with E-state index in [9.17, 15) is 0 Å². The summed E-state index contributed by atoms with van der Waals surface area (Å²) in [5.74, 6) is 0. The fourth-order valence-corrected chi connectivity index (χ4v) is 8.81. The number of hydrogen-bond donors (Lipinski definition) is 0. The minimum Gasteiger partial charge on any atom is -0.310 e. The second-order valence-corrected chi connectivity index (χ2v) is 14.7. The second kappa shape index (κ2) is 9.49. The minimum atomic E-state index is -0.188. The third kappa shape index (κ3) is 3.58. The summed E-state index contributed by atoms with van der Waals surface area (Å²) in [4.78, 5) is 2.44. The average molecular weight is 617 g/mol. The van der Waals surface area contributed by atoms with Gasteiger partial charge < -0.3 is 9.47 Å². The molecule has 0 unspecified atom stereocenters. The smallest absolute Gasteiger partial charge is 0.0583 e. The molecule has 0 radical (unpaired) electrons. The van der Waals surface area contributed by atoms with Crippen LogP contribution < -0.4 is 4.90 Å². The van der Waals surface area contributed by atoms with Crippen molar-refractivity contribution in [1.29, 1.82) is 0 Å². The Hall–Kier alpha value is -5.60. The number of anilines is 3. The second-order valence-electron chi connectivity index (χ2n) is 14.7. The highest BCUT2D eigenvalue weighted by Gasteiger charge is 2.43. The van der Waals surface area contributed by atoms with Crippen LogP contribution in [-0.2, 0) is 10.8 Å². The molecule has 7 aromatic carbocycles. The first-order valence-electron chi connectivity index (χ1n) is 17.0. The van der Waals surface area contributed by atoms with E-state index in [-0.39, 0.29) is 10.8 Å². The lowest BCUT2D eigenvalue weighted by Gasteiger charge is -2.42. The third-order valence-corrected chi connectivity index (χ3v) is 11.3. The molecule has 0 amide bonds. The molecule has 2 aliphatic heterocycles. The first kappa shape index (κ1) is 27.5. The summed E-state index contributed by atoms with van der Waals surface area (Å²) in [6, 6.07) is 54.1. The lowest BCUT2D eigenvalue weighted by molar-refractivity contribution is 0.593. The topological polar surface area (TPSA) is 8.17 Å². The van der Waals surface area contributed by atoms with Crippen LogP contribution in [0.1, 0.15) is 49.9 Å². The van der Waals surface area contributed by atoms with Gasteiger partial charge in [0.15, 0.2) is 0 Å². The molecule has 48 heavy (non-hydrogen) atoms. The van der Waals surface area contributed by atoms with Gasteiger partial charge in [0.25, 0.3) is 0 Å². The molecule has 2 nitrogen and oxygen atoms in total. The normalized spacial score (nSPS) is 15.0. The van der Waals surface area contributed by atoms with Gasteiger partial charge in [0.2, 0.25) is 0 Å². The Morgan fingerprint density at radius 2 is 1.04 bits per heavy atom. The predicted molar refractivity (Wildman–Crippen MR) is 203 cm³/mol. The molecule has 0 aliphatic carbocycles. The zero-order chi connectivity index (χ0) is 32.4. The monoisotopic (exact) mass is 616 g/mol. The van der Waals surface area contributed by atoms with Crippen molar-refractivity contribution < 1.29 is 0 Å². The maximum Gasteiger partial charge on any atom is 0.0583 e. The molecule has 2 aliphatic rings. The van der Waals surface area contributed by atoms with Crippen molar-refractivity contribution in [2.24, 2.45) is 0 Å². The van der Waals surface area contributed by atoms with E-state index in [0.717, 1.165) is 11.4 Å². The highest BCUT2D eigenvalue weighted by atomic mass is 15.1. The van der Waals surface area contributed by atoms with Gasteiger partial charge in [0.1, 0.15) is 0 Å². The molecule has 8 aromatic rings. The van der Waals surface area contributed by atoms with Crippen molar-refractivity contribution in [3.63, 3.8) is 0 Å². The van der Waals surface area contributed by atoms with Gasteiger partial charge in [-0.05, 0) is 86.6 Å². The van der Waals surface area contributed by atoms with E-state index in [1.165, 1.54) is 77.3 Å². The van der Waals surface area contributed by atoms with Crippen molar-refractivity contribution in [1.82, 2.24) is 4.57 Å². The molecule has 0 N–H and O–H groups in total. The van der Waals surface area contributed by atoms with Crippen LogP contribution in [0.4, 0.5) is 17.1 Å². The Kier molecular flexibility index (Phi) is 5.44. The molecule has 2 heteroatoms. The van der Waals surface area contributed by atoms with Gasteiger partial charge in [-0.15, -0.1) is 0 Å². The maximum atomic E-state index is 2.60. The van der Waals surface area contributed by atoms with Crippen molar-refractivity contribution in [3.8, 4) is 16.8 Å². The van der Waals surface area contributed by atoms with Crippen LogP contribution in [0, 0.1) is 0 Å². The number of rotatable bonds is 4. The number of aromatic nitrogens is 1. The Balaban J connectivity index is 1.26. The minimum absolute atomic E-state index is 0.0923. The first-order chi connectivity index (χ1) is 23.3. The van der Waals surface area contributed by atoms with Crippen LogP contribution in [0.15, 0.2) is 146 Å². The molecule has 0 bridgehead atoms. The van der Waals surface area contributed by atoms with Gasteiger partial charge in [-0.3, -0.25) is 0 Å². The van der Waals surface area contributed by atoms with Crippen LogP contribution in [0.2, 0.25) is 0 Å². The summed E-state index contributed by atoms with van der Waals surface area (Å²) >= 11 is 0. The fourth-order valence-electron chi connectivity index (χ4n) is 8.81. The summed E-state index contributed by atoms with van der Waals surface area (Å²) in [7, 11) is 0. The molecule has 0 fully saturated rings. The van der Waals surface area contributed by atoms with E-state index in [0.29, 0.717) is 0 Å². The predicted octanol–water partition coefficient (Wildman–Crippen LogP) is 12.4. The summed E-state index contributed by atoms with van der Waals surface area (Å²) in [6.45, 7) is 9.62. The highest BCUT2D eigenvalue weighted by molar-refractivity contribution is 6.15. The fraction of sp³-hybridized carbons (Fsp3) is 0.130. The van der Waals surface area contributed by atoms with Gasteiger partial charge in [-0.25, -0.2) is 0 Å². The summed E-state index contributed by atoms with van der Waals surface area (Å²) in [5, 5.41) is 5.16. The number of nitrogens with zero attached hydrogens (tertiary/aromatic N) is 2. The van der Waals surface area contributed by atoms with Crippen molar-refractivity contribution in [2.75, 3.05) is 4.90 Å². The Bertz CT molecular complexity index is 2620. The molecule has 3 heterocycles. The highest BCUT2D eigenvalue weighted by Crippen LogP contribution is 2.56. The molecule has 0 saturated carbocycles. The Morgan fingerprint density at radius 1 is 0.417 bits per heavy atom. The lowest BCUT2D eigenvalue weighted by atomic mass is 9.68. The van der Waals surface area contributed by atoms with Gasteiger partial charge in [0, 0.05) is 38.7 Å². The van der Waals surface area contributed by atoms with E-state index >= 15 is 0 Å². The van der Waals surface area contributed by atoms with Crippen LogP contribution >= 0.6 is 0 Å². The largest absolute Gasteiger partial charge is 0.310 e. The number of para-hydroxylation sites is 3. The third-order valence-electron chi connectivity index (χ3n) is 11.3. The lowest BCUT2D eigenvalue weighted by Crippen LogP contribution is -2.33. The molecule has 1 aromatic heterocycles. The number of fused-ring (bicyclic) bond motifs is 2. The summed E-state index contributed by atoms with van der Waals surface area (Å²) in [6.07, 6.45) is 0. The quantitative estimate of drug-likeness (QED) is 0.191. The number of benzene rings is 7. The molecule has 0 saturated heterocycles. The summed E-state index contributed by atoms with van der Waals surface area (Å²) < 4.78 is 2.60.